The van der Waals surface area contributed by atoms with Gasteiger partial charge >= 0.3 is 0 Å². The standard InChI is InChI=1S/C26H31ClFNO3/c1-3-31-23-13-20-16-26(28,25(30)21(20)14-24(23)32-4-2)15-18-9-11-29(12-10-18)17-19-7-5-6-8-22(19)27/h5-8,13-14,18H,3-4,9-12,15-17H2,1-2H3. The van der Waals surface area contributed by atoms with Crippen molar-refractivity contribution in [3.8, 4) is 11.5 Å². The van der Waals surface area contributed by atoms with Gasteiger partial charge in [-0.05, 0) is 81.4 Å². The van der Waals surface area contributed by atoms with Crippen molar-refractivity contribution in [2.75, 3.05) is 26.3 Å². The van der Waals surface area contributed by atoms with Crippen LogP contribution in [0.5, 0.6) is 11.5 Å². The molecule has 1 unspecified atom stereocenters. The first-order valence-electron chi connectivity index (χ1n) is 11.6. The zero-order valence-corrected chi connectivity index (χ0v) is 19.6. The number of benzene rings is 2. The van der Waals surface area contributed by atoms with Crippen LogP contribution >= 0.6 is 11.6 Å². The number of likely N-dealkylation sites (tertiary alicyclic amines) is 1. The van der Waals surface area contributed by atoms with Crippen molar-refractivity contribution in [1.82, 2.24) is 4.90 Å². The van der Waals surface area contributed by atoms with Gasteiger partial charge in [-0.2, -0.15) is 0 Å². The molecule has 0 aromatic heterocycles. The molecule has 4 rings (SSSR count). The minimum atomic E-state index is -1.84. The molecule has 2 aliphatic rings. The number of halogens is 2. The van der Waals surface area contributed by atoms with Crippen LogP contribution in [0.2, 0.25) is 5.02 Å². The van der Waals surface area contributed by atoms with Gasteiger partial charge in [-0.3, -0.25) is 9.69 Å². The number of ketones is 1. The van der Waals surface area contributed by atoms with Gasteiger partial charge in [-0.1, -0.05) is 29.8 Å². The summed E-state index contributed by atoms with van der Waals surface area (Å²) in [6.07, 6.45) is 2.16. The maximum atomic E-state index is 16.0. The molecule has 1 heterocycles. The fraction of sp³-hybridized carbons (Fsp3) is 0.500. The lowest BCUT2D eigenvalue weighted by molar-refractivity contribution is 0.0587. The van der Waals surface area contributed by atoms with Gasteiger partial charge in [0.2, 0.25) is 5.78 Å². The van der Waals surface area contributed by atoms with E-state index in [2.05, 4.69) is 4.90 Å². The summed E-state index contributed by atoms with van der Waals surface area (Å²) in [4.78, 5) is 15.4. The fourth-order valence-corrected chi connectivity index (χ4v) is 5.15. The van der Waals surface area contributed by atoms with Gasteiger partial charge in [0.25, 0.3) is 0 Å². The van der Waals surface area contributed by atoms with Crippen LogP contribution in [0.1, 0.15) is 54.6 Å². The van der Waals surface area contributed by atoms with Crippen LogP contribution in [-0.2, 0) is 13.0 Å². The Balaban J connectivity index is 1.40. The lowest BCUT2D eigenvalue weighted by atomic mass is 9.83. The van der Waals surface area contributed by atoms with Crippen molar-refractivity contribution < 1.29 is 18.7 Å². The molecule has 6 heteroatoms. The molecule has 4 nitrogen and oxygen atoms in total. The number of Topliss-reactive ketones (excluding diaryl/α,β-unsaturated/α-hetero) is 1. The van der Waals surface area contributed by atoms with Crippen LogP contribution in [0.3, 0.4) is 0 Å². The lowest BCUT2D eigenvalue weighted by Gasteiger charge is -2.34. The smallest absolute Gasteiger partial charge is 0.200 e. The topological polar surface area (TPSA) is 38.8 Å². The lowest BCUT2D eigenvalue weighted by Crippen LogP contribution is -2.39. The summed E-state index contributed by atoms with van der Waals surface area (Å²) in [5.74, 6) is 0.880. The van der Waals surface area contributed by atoms with E-state index in [9.17, 15) is 4.79 Å². The molecule has 1 aliphatic heterocycles. The SMILES string of the molecule is CCOc1cc2c(cc1OCC)C(=O)C(F)(CC1CCN(Cc3ccccc3Cl)CC1)C2. The van der Waals surface area contributed by atoms with Crippen molar-refractivity contribution >= 4 is 17.4 Å². The molecule has 0 saturated carbocycles. The van der Waals surface area contributed by atoms with Crippen LogP contribution in [0.25, 0.3) is 0 Å². The molecule has 1 fully saturated rings. The largest absolute Gasteiger partial charge is 0.490 e. The second kappa shape index (κ2) is 9.80. The Morgan fingerprint density at radius 3 is 2.41 bits per heavy atom. The first-order valence-corrected chi connectivity index (χ1v) is 11.9. The van der Waals surface area contributed by atoms with E-state index < -0.39 is 11.5 Å². The molecule has 1 atom stereocenters. The number of fused-ring (bicyclic) bond motifs is 1. The fourth-order valence-electron chi connectivity index (χ4n) is 4.96. The number of rotatable bonds is 8. The second-order valence-electron chi connectivity index (χ2n) is 8.81. The highest BCUT2D eigenvalue weighted by molar-refractivity contribution is 6.31. The first-order chi connectivity index (χ1) is 15.4. The van der Waals surface area contributed by atoms with Crippen LogP contribution in [0, 0.1) is 5.92 Å². The van der Waals surface area contributed by atoms with Crippen LogP contribution in [-0.4, -0.2) is 42.7 Å². The van der Waals surface area contributed by atoms with Gasteiger partial charge in [-0.25, -0.2) is 4.39 Å². The molecular formula is C26H31ClFNO3. The molecule has 2 aromatic carbocycles. The van der Waals surface area contributed by atoms with Crippen molar-refractivity contribution in [3.63, 3.8) is 0 Å². The van der Waals surface area contributed by atoms with E-state index in [4.69, 9.17) is 21.1 Å². The van der Waals surface area contributed by atoms with Crippen LogP contribution in [0.15, 0.2) is 36.4 Å². The molecule has 0 amide bonds. The van der Waals surface area contributed by atoms with Gasteiger partial charge in [0.15, 0.2) is 17.2 Å². The molecule has 172 valence electrons. The Labute approximate surface area is 194 Å². The van der Waals surface area contributed by atoms with Gasteiger partial charge in [-0.15, -0.1) is 0 Å². The van der Waals surface area contributed by atoms with Gasteiger partial charge < -0.3 is 9.47 Å². The average molecular weight is 460 g/mol. The van der Waals surface area contributed by atoms with Crippen molar-refractivity contribution in [2.24, 2.45) is 5.92 Å². The zero-order chi connectivity index (χ0) is 22.7. The normalized spacial score (nSPS) is 21.6. The summed E-state index contributed by atoms with van der Waals surface area (Å²) >= 11 is 6.29. The number of hydrogen-bond donors (Lipinski definition) is 0. The Bertz CT molecular complexity index is 974. The highest BCUT2D eigenvalue weighted by atomic mass is 35.5. The quantitative estimate of drug-likeness (QED) is 0.493. The molecule has 0 spiro atoms. The Hall–Kier alpha value is -2.11. The average Bonchev–Trinajstić information content (AvgIpc) is 3.01. The van der Waals surface area contributed by atoms with Crippen LogP contribution < -0.4 is 9.47 Å². The maximum absolute atomic E-state index is 16.0. The van der Waals surface area contributed by atoms with Crippen molar-refractivity contribution in [2.45, 2.75) is 51.7 Å². The summed E-state index contributed by atoms with van der Waals surface area (Å²) in [5, 5.41) is 0.782. The number of piperidine rings is 1. The van der Waals surface area contributed by atoms with E-state index in [0.29, 0.717) is 30.3 Å². The van der Waals surface area contributed by atoms with E-state index in [1.165, 1.54) is 0 Å². The molecule has 0 radical (unpaired) electrons. The number of ether oxygens (including phenoxy) is 2. The molecule has 1 saturated heterocycles. The van der Waals surface area contributed by atoms with Gasteiger partial charge in [0.05, 0.1) is 13.2 Å². The number of nitrogens with zero attached hydrogens (tertiary/aromatic N) is 1. The minimum Gasteiger partial charge on any atom is -0.490 e. The summed E-state index contributed by atoms with van der Waals surface area (Å²) < 4.78 is 27.3. The minimum absolute atomic E-state index is 0.119. The number of alkyl halides is 1. The highest BCUT2D eigenvalue weighted by Crippen LogP contribution is 2.43. The van der Waals surface area contributed by atoms with Crippen LogP contribution in [0.4, 0.5) is 4.39 Å². The molecular weight excluding hydrogens is 429 g/mol. The summed E-state index contributed by atoms with van der Waals surface area (Å²) in [7, 11) is 0. The number of carbonyl (C=O) groups excluding carboxylic acids is 1. The van der Waals surface area contributed by atoms with Crippen molar-refractivity contribution in [3.05, 3.63) is 58.1 Å². The molecule has 1 aliphatic carbocycles. The van der Waals surface area contributed by atoms with E-state index in [-0.39, 0.29) is 18.8 Å². The third-order valence-electron chi connectivity index (χ3n) is 6.56. The Morgan fingerprint density at radius 1 is 1.09 bits per heavy atom. The Kier molecular flexibility index (Phi) is 7.06. The molecule has 32 heavy (non-hydrogen) atoms. The first kappa shape index (κ1) is 23.1. The van der Waals surface area contributed by atoms with E-state index in [0.717, 1.165) is 48.6 Å². The van der Waals surface area contributed by atoms with E-state index >= 15 is 4.39 Å². The maximum Gasteiger partial charge on any atom is 0.200 e. The number of carbonyl (C=O) groups is 1. The van der Waals surface area contributed by atoms with Gasteiger partial charge in [0, 0.05) is 23.6 Å². The molecule has 2 aromatic rings. The second-order valence-corrected chi connectivity index (χ2v) is 9.22. The molecule has 0 N–H and O–H groups in total. The number of hydrogen-bond acceptors (Lipinski definition) is 4. The third-order valence-corrected chi connectivity index (χ3v) is 6.93. The zero-order valence-electron chi connectivity index (χ0n) is 18.8. The molecule has 0 bridgehead atoms. The Morgan fingerprint density at radius 2 is 1.75 bits per heavy atom. The highest BCUT2D eigenvalue weighted by Gasteiger charge is 2.48. The van der Waals surface area contributed by atoms with Gasteiger partial charge in [0.1, 0.15) is 0 Å². The predicted molar refractivity (Wildman–Crippen MR) is 125 cm³/mol. The van der Waals surface area contributed by atoms with E-state index in [1.807, 2.05) is 38.1 Å². The predicted octanol–water partition coefficient (Wildman–Crippen LogP) is 5.89. The summed E-state index contributed by atoms with van der Waals surface area (Å²) in [5.41, 5.74) is 0.439. The summed E-state index contributed by atoms with van der Waals surface area (Å²) in [6.45, 7) is 7.29. The monoisotopic (exact) mass is 459 g/mol. The third kappa shape index (κ3) is 4.79. The summed E-state index contributed by atoms with van der Waals surface area (Å²) in [6, 6.07) is 11.3. The van der Waals surface area contributed by atoms with Crippen molar-refractivity contribution in [1.29, 1.82) is 0 Å². The van der Waals surface area contributed by atoms with E-state index in [1.54, 1.807) is 12.1 Å².